The molecule has 3 rings (SSSR count). The number of rotatable bonds is 4. The maximum absolute atomic E-state index is 5.67. The summed E-state index contributed by atoms with van der Waals surface area (Å²) in [6.45, 7) is 0.446. The van der Waals surface area contributed by atoms with Crippen molar-refractivity contribution in [2.24, 2.45) is 5.73 Å². The molecule has 0 radical (unpaired) electrons. The monoisotopic (exact) mass is 256 g/mol. The van der Waals surface area contributed by atoms with E-state index in [4.69, 9.17) is 15.0 Å². The summed E-state index contributed by atoms with van der Waals surface area (Å²) in [4.78, 5) is 8.38. The largest absolute Gasteiger partial charge is 0.483 e. The minimum Gasteiger partial charge on any atom is -0.483 e. The van der Waals surface area contributed by atoms with Gasteiger partial charge in [0, 0.05) is 11.6 Å². The molecule has 2 heterocycles. The summed E-state index contributed by atoms with van der Waals surface area (Å²) in [5.41, 5.74) is 6.21. The molecule has 0 fully saturated rings. The van der Waals surface area contributed by atoms with Crippen molar-refractivity contribution in [2.45, 2.75) is 13.2 Å². The van der Waals surface area contributed by atoms with Crippen molar-refractivity contribution in [1.29, 1.82) is 0 Å². The van der Waals surface area contributed by atoms with E-state index in [1.807, 2.05) is 30.3 Å². The zero-order valence-electron chi connectivity index (χ0n) is 10.1. The third-order valence-electron chi connectivity index (χ3n) is 2.64. The van der Waals surface area contributed by atoms with Crippen LogP contribution in [0, 0.1) is 0 Å². The fraction of sp³-hybridized carbons (Fsp3) is 0.154. The third-order valence-corrected chi connectivity index (χ3v) is 2.64. The number of nitrogens with zero attached hydrogens (tertiary/aromatic N) is 3. The van der Waals surface area contributed by atoms with E-state index >= 15 is 0 Å². The van der Waals surface area contributed by atoms with Crippen molar-refractivity contribution in [3.05, 3.63) is 48.2 Å². The van der Waals surface area contributed by atoms with Crippen LogP contribution in [0.25, 0.3) is 10.9 Å². The molecule has 0 spiro atoms. The van der Waals surface area contributed by atoms with Gasteiger partial charge in [-0.1, -0.05) is 23.4 Å². The number of para-hydroxylation sites is 1. The number of hydrogen-bond acceptors (Lipinski definition) is 6. The Morgan fingerprint density at radius 3 is 2.95 bits per heavy atom. The number of pyridine rings is 1. The topological polar surface area (TPSA) is 87.1 Å². The zero-order chi connectivity index (χ0) is 13.1. The summed E-state index contributed by atoms with van der Waals surface area (Å²) >= 11 is 0. The van der Waals surface area contributed by atoms with E-state index in [0.717, 1.165) is 10.9 Å². The highest BCUT2D eigenvalue weighted by atomic mass is 16.5. The minimum absolute atomic E-state index is 0.221. The van der Waals surface area contributed by atoms with Gasteiger partial charge in [-0.3, -0.25) is 4.98 Å². The number of benzene rings is 1. The van der Waals surface area contributed by atoms with Gasteiger partial charge in [0.05, 0.1) is 6.54 Å². The van der Waals surface area contributed by atoms with Crippen LogP contribution in [0.3, 0.4) is 0 Å². The number of ether oxygens (including phenoxy) is 1. The van der Waals surface area contributed by atoms with Gasteiger partial charge in [0.2, 0.25) is 11.7 Å². The summed E-state index contributed by atoms with van der Waals surface area (Å²) in [5.74, 6) is 1.56. The van der Waals surface area contributed by atoms with E-state index in [0.29, 0.717) is 17.5 Å². The van der Waals surface area contributed by atoms with Crippen LogP contribution in [0.5, 0.6) is 5.75 Å². The van der Waals surface area contributed by atoms with Crippen molar-refractivity contribution in [2.75, 3.05) is 0 Å². The number of hydrogen-bond donors (Lipinski definition) is 1. The lowest BCUT2D eigenvalue weighted by molar-refractivity contribution is 0.288. The van der Waals surface area contributed by atoms with Gasteiger partial charge < -0.3 is 15.0 Å². The Hall–Kier alpha value is -2.47. The molecule has 3 aromatic rings. The first-order chi connectivity index (χ1) is 9.36. The highest BCUT2D eigenvalue weighted by molar-refractivity contribution is 5.84. The molecule has 0 amide bonds. The lowest BCUT2D eigenvalue weighted by Crippen LogP contribution is -2.00. The van der Waals surface area contributed by atoms with E-state index < -0.39 is 0 Å². The second-order valence-corrected chi connectivity index (χ2v) is 3.93. The lowest BCUT2D eigenvalue weighted by Gasteiger charge is -2.06. The Balaban J connectivity index is 1.81. The van der Waals surface area contributed by atoms with Crippen molar-refractivity contribution >= 4 is 10.9 Å². The molecular weight excluding hydrogens is 244 g/mol. The van der Waals surface area contributed by atoms with E-state index in [-0.39, 0.29) is 13.2 Å². The summed E-state index contributed by atoms with van der Waals surface area (Å²) < 4.78 is 10.6. The van der Waals surface area contributed by atoms with E-state index in [1.165, 1.54) is 0 Å². The molecule has 1 aromatic carbocycles. The normalized spacial score (nSPS) is 10.8. The van der Waals surface area contributed by atoms with Gasteiger partial charge in [-0.05, 0) is 12.1 Å². The second kappa shape index (κ2) is 5.03. The smallest absolute Gasteiger partial charge is 0.240 e. The van der Waals surface area contributed by atoms with Gasteiger partial charge in [0.1, 0.15) is 11.3 Å². The fourth-order valence-corrected chi connectivity index (χ4v) is 1.77. The lowest BCUT2D eigenvalue weighted by atomic mass is 10.2. The summed E-state index contributed by atoms with van der Waals surface area (Å²) in [5, 5.41) is 4.79. The van der Waals surface area contributed by atoms with Gasteiger partial charge in [0.25, 0.3) is 0 Å². The number of nitrogens with two attached hydrogens (primary N) is 1. The minimum atomic E-state index is 0.221. The summed E-state index contributed by atoms with van der Waals surface area (Å²) in [6.07, 6.45) is 1.73. The first-order valence-electron chi connectivity index (χ1n) is 5.85. The van der Waals surface area contributed by atoms with Crippen molar-refractivity contribution < 1.29 is 9.26 Å². The van der Waals surface area contributed by atoms with Crippen molar-refractivity contribution in [1.82, 2.24) is 15.1 Å². The molecule has 0 aliphatic heterocycles. The van der Waals surface area contributed by atoms with E-state index in [1.54, 1.807) is 6.20 Å². The standard InChI is InChI=1S/C13H12N4O2/c14-7-12-16-11(17-19-12)8-18-10-5-1-3-9-4-2-6-15-13(9)10/h1-6H,7-8,14H2. The van der Waals surface area contributed by atoms with Crippen LogP contribution in [0.4, 0.5) is 0 Å². The molecule has 0 unspecified atom stereocenters. The highest BCUT2D eigenvalue weighted by Gasteiger charge is 2.07. The van der Waals surface area contributed by atoms with Crippen LogP contribution in [0.2, 0.25) is 0 Å². The average molecular weight is 256 g/mol. The maximum Gasteiger partial charge on any atom is 0.240 e. The molecule has 0 atom stereocenters. The Morgan fingerprint density at radius 2 is 2.11 bits per heavy atom. The highest BCUT2D eigenvalue weighted by Crippen LogP contribution is 2.23. The van der Waals surface area contributed by atoms with Crippen LogP contribution in [-0.4, -0.2) is 15.1 Å². The molecule has 19 heavy (non-hydrogen) atoms. The predicted molar refractivity (Wildman–Crippen MR) is 68.3 cm³/mol. The van der Waals surface area contributed by atoms with Crippen LogP contribution in [0.15, 0.2) is 41.1 Å². The molecule has 0 aliphatic rings. The van der Waals surface area contributed by atoms with E-state index in [9.17, 15) is 0 Å². The van der Waals surface area contributed by atoms with Crippen LogP contribution < -0.4 is 10.5 Å². The summed E-state index contributed by atoms with van der Waals surface area (Å²) in [6, 6.07) is 9.63. The van der Waals surface area contributed by atoms with Crippen LogP contribution in [0.1, 0.15) is 11.7 Å². The fourth-order valence-electron chi connectivity index (χ4n) is 1.77. The van der Waals surface area contributed by atoms with Gasteiger partial charge in [0.15, 0.2) is 6.61 Å². The van der Waals surface area contributed by atoms with Gasteiger partial charge in [-0.15, -0.1) is 0 Å². The SMILES string of the molecule is NCc1nc(COc2cccc3cccnc23)no1. The third kappa shape index (κ3) is 2.38. The van der Waals surface area contributed by atoms with E-state index in [2.05, 4.69) is 15.1 Å². The molecular formula is C13H12N4O2. The Kier molecular flexibility index (Phi) is 3.07. The molecule has 6 heteroatoms. The Morgan fingerprint density at radius 1 is 1.21 bits per heavy atom. The molecule has 2 N–H and O–H groups in total. The molecule has 96 valence electrons. The molecule has 0 saturated heterocycles. The molecule has 0 bridgehead atoms. The van der Waals surface area contributed by atoms with Gasteiger partial charge in [-0.2, -0.15) is 4.98 Å². The first kappa shape index (κ1) is 11.6. The van der Waals surface area contributed by atoms with Gasteiger partial charge in [-0.25, -0.2) is 0 Å². The Labute approximate surface area is 109 Å². The van der Waals surface area contributed by atoms with Crippen LogP contribution in [-0.2, 0) is 13.2 Å². The van der Waals surface area contributed by atoms with Gasteiger partial charge >= 0.3 is 0 Å². The molecule has 0 aliphatic carbocycles. The number of fused-ring (bicyclic) bond motifs is 1. The van der Waals surface area contributed by atoms with Crippen molar-refractivity contribution in [3.63, 3.8) is 0 Å². The molecule has 2 aromatic heterocycles. The summed E-state index contributed by atoms with van der Waals surface area (Å²) in [7, 11) is 0. The quantitative estimate of drug-likeness (QED) is 0.763. The second-order valence-electron chi connectivity index (χ2n) is 3.93. The van der Waals surface area contributed by atoms with Crippen molar-refractivity contribution in [3.8, 4) is 5.75 Å². The maximum atomic E-state index is 5.67. The molecule has 0 saturated carbocycles. The van der Waals surface area contributed by atoms with Crippen LogP contribution >= 0.6 is 0 Å². The zero-order valence-corrected chi connectivity index (χ0v) is 10.1. The average Bonchev–Trinajstić information content (AvgIpc) is 2.93. The first-order valence-corrected chi connectivity index (χ1v) is 5.85. The predicted octanol–water partition coefficient (Wildman–Crippen LogP) is 1.66. The number of aromatic nitrogens is 3. The molecule has 6 nitrogen and oxygen atoms in total. The Bertz CT molecular complexity index is 690.